The third-order valence-corrected chi connectivity index (χ3v) is 3.59. The first-order valence-electron chi connectivity index (χ1n) is 6.87. The SMILES string of the molecule is CCC(NC(=O)[C@@H]1CCCNC1)c1ccccc1. The molecule has 3 heteroatoms. The van der Waals surface area contributed by atoms with Crippen LogP contribution in [0.2, 0.25) is 0 Å². The van der Waals surface area contributed by atoms with Crippen LogP contribution in [0.4, 0.5) is 0 Å². The average molecular weight is 246 g/mol. The van der Waals surface area contributed by atoms with Gasteiger partial charge < -0.3 is 10.6 Å². The predicted octanol–water partition coefficient (Wildman–Crippen LogP) is 2.25. The van der Waals surface area contributed by atoms with E-state index in [1.807, 2.05) is 18.2 Å². The predicted molar refractivity (Wildman–Crippen MR) is 73.2 cm³/mol. The molecule has 0 bridgehead atoms. The van der Waals surface area contributed by atoms with E-state index in [2.05, 4.69) is 29.7 Å². The highest BCUT2D eigenvalue weighted by Crippen LogP contribution is 2.18. The maximum Gasteiger partial charge on any atom is 0.224 e. The number of hydrogen-bond donors (Lipinski definition) is 2. The second-order valence-electron chi connectivity index (χ2n) is 4.92. The van der Waals surface area contributed by atoms with E-state index in [1.165, 1.54) is 5.56 Å². The molecule has 0 aromatic heterocycles. The zero-order valence-corrected chi connectivity index (χ0v) is 11.0. The molecule has 2 N–H and O–H groups in total. The topological polar surface area (TPSA) is 41.1 Å². The molecule has 0 spiro atoms. The van der Waals surface area contributed by atoms with Gasteiger partial charge in [-0.2, -0.15) is 0 Å². The zero-order valence-electron chi connectivity index (χ0n) is 11.0. The Kier molecular flexibility index (Phi) is 4.76. The number of amides is 1. The summed E-state index contributed by atoms with van der Waals surface area (Å²) in [5.74, 6) is 0.328. The highest BCUT2D eigenvalue weighted by Gasteiger charge is 2.23. The van der Waals surface area contributed by atoms with Crippen molar-refractivity contribution in [3.8, 4) is 0 Å². The van der Waals surface area contributed by atoms with Gasteiger partial charge in [-0.3, -0.25) is 4.79 Å². The minimum atomic E-state index is 0.136. The summed E-state index contributed by atoms with van der Waals surface area (Å²) in [7, 11) is 0. The summed E-state index contributed by atoms with van der Waals surface area (Å²) in [6.07, 6.45) is 3.03. The van der Waals surface area contributed by atoms with Crippen molar-refractivity contribution in [3.05, 3.63) is 35.9 Å². The third kappa shape index (κ3) is 3.33. The lowest BCUT2D eigenvalue weighted by atomic mass is 9.97. The van der Waals surface area contributed by atoms with E-state index in [1.54, 1.807) is 0 Å². The molecule has 1 heterocycles. The molecule has 1 aromatic carbocycles. The molecule has 1 aliphatic rings. The first kappa shape index (κ1) is 13.1. The van der Waals surface area contributed by atoms with Gasteiger partial charge in [0.1, 0.15) is 0 Å². The van der Waals surface area contributed by atoms with Gasteiger partial charge >= 0.3 is 0 Å². The maximum atomic E-state index is 12.2. The Labute approximate surface area is 109 Å². The van der Waals surface area contributed by atoms with Gasteiger partial charge in [-0.05, 0) is 31.4 Å². The molecule has 1 unspecified atom stereocenters. The van der Waals surface area contributed by atoms with Gasteiger partial charge in [0.05, 0.1) is 12.0 Å². The van der Waals surface area contributed by atoms with Crippen molar-refractivity contribution in [1.82, 2.24) is 10.6 Å². The van der Waals surface area contributed by atoms with Crippen molar-refractivity contribution in [2.24, 2.45) is 5.92 Å². The van der Waals surface area contributed by atoms with Crippen molar-refractivity contribution in [3.63, 3.8) is 0 Å². The fraction of sp³-hybridized carbons (Fsp3) is 0.533. The number of piperidine rings is 1. The second kappa shape index (κ2) is 6.55. The van der Waals surface area contributed by atoms with E-state index in [0.29, 0.717) is 0 Å². The van der Waals surface area contributed by atoms with Crippen molar-refractivity contribution in [2.75, 3.05) is 13.1 Å². The van der Waals surface area contributed by atoms with Crippen molar-refractivity contribution in [1.29, 1.82) is 0 Å². The van der Waals surface area contributed by atoms with E-state index in [4.69, 9.17) is 0 Å². The van der Waals surface area contributed by atoms with Crippen LogP contribution in [0.25, 0.3) is 0 Å². The number of carbonyl (C=O) groups excluding carboxylic acids is 1. The fourth-order valence-electron chi connectivity index (χ4n) is 2.47. The van der Waals surface area contributed by atoms with E-state index in [0.717, 1.165) is 32.4 Å². The van der Waals surface area contributed by atoms with Crippen LogP contribution in [0.5, 0.6) is 0 Å². The van der Waals surface area contributed by atoms with Crippen molar-refractivity contribution >= 4 is 5.91 Å². The molecule has 3 nitrogen and oxygen atoms in total. The first-order chi connectivity index (χ1) is 8.81. The number of benzene rings is 1. The van der Waals surface area contributed by atoms with Crippen molar-refractivity contribution < 1.29 is 4.79 Å². The molecule has 18 heavy (non-hydrogen) atoms. The summed E-state index contributed by atoms with van der Waals surface area (Å²) in [6.45, 7) is 3.97. The van der Waals surface area contributed by atoms with Gasteiger partial charge in [-0.25, -0.2) is 0 Å². The largest absolute Gasteiger partial charge is 0.349 e. The molecule has 1 saturated heterocycles. The summed E-state index contributed by atoms with van der Waals surface area (Å²) in [4.78, 5) is 12.2. The van der Waals surface area contributed by atoms with Crippen LogP contribution in [-0.4, -0.2) is 19.0 Å². The molecule has 98 valence electrons. The summed E-state index contributed by atoms with van der Waals surface area (Å²) in [5, 5.41) is 6.46. The Morgan fingerprint density at radius 2 is 2.22 bits per heavy atom. The van der Waals surface area contributed by atoms with E-state index >= 15 is 0 Å². The molecule has 0 saturated carbocycles. The lowest BCUT2D eigenvalue weighted by Crippen LogP contribution is -2.41. The second-order valence-corrected chi connectivity index (χ2v) is 4.92. The minimum Gasteiger partial charge on any atom is -0.349 e. The summed E-state index contributed by atoms with van der Waals surface area (Å²) in [6, 6.07) is 10.3. The van der Waals surface area contributed by atoms with Crippen LogP contribution in [0, 0.1) is 5.92 Å². The summed E-state index contributed by atoms with van der Waals surface area (Å²) in [5.41, 5.74) is 1.19. The number of nitrogens with one attached hydrogen (secondary N) is 2. The molecular formula is C15H22N2O. The van der Waals surface area contributed by atoms with E-state index in [-0.39, 0.29) is 17.9 Å². The summed E-state index contributed by atoms with van der Waals surface area (Å²) >= 11 is 0. The highest BCUT2D eigenvalue weighted by molar-refractivity contribution is 5.79. The van der Waals surface area contributed by atoms with Crippen LogP contribution in [-0.2, 0) is 4.79 Å². The molecule has 2 atom stereocenters. The van der Waals surface area contributed by atoms with Gasteiger partial charge in [0.25, 0.3) is 0 Å². The zero-order chi connectivity index (χ0) is 12.8. The van der Waals surface area contributed by atoms with E-state index in [9.17, 15) is 4.79 Å². The fourth-order valence-corrected chi connectivity index (χ4v) is 2.47. The van der Waals surface area contributed by atoms with Gasteiger partial charge in [-0.1, -0.05) is 37.3 Å². The Bertz CT molecular complexity index is 371. The van der Waals surface area contributed by atoms with Crippen molar-refractivity contribution in [2.45, 2.75) is 32.2 Å². The molecule has 1 aromatic rings. The van der Waals surface area contributed by atoms with E-state index < -0.39 is 0 Å². The molecule has 0 radical (unpaired) electrons. The number of carbonyl (C=O) groups is 1. The Hall–Kier alpha value is -1.35. The van der Waals surface area contributed by atoms with Gasteiger partial charge in [0.2, 0.25) is 5.91 Å². The molecule has 0 aliphatic carbocycles. The molecule has 2 rings (SSSR count). The van der Waals surface area contributed by atoms with Gasteiger partial charge in [0.15, 0.2) is 0 Å². The van der Waals surface area contributed by atoms with Crippen LogP contribution in [0.1, 0.15) is 37.8 Å². The number of hydrogen-bond acceptors (Lipinski definition) is 2. The molecular weight excluding hydrogens is 224 g/mol. The Morgan fingerprint density at radius 3 is 2.83 bits per heavy atom. The normalized spacial score (nSPS) is 21.3. The number of rotatable bonds is 4. The minimum absolute atomic E-state index is 0.136. The molecule has 1 amide bonds. The Balaban J connectivity index is 1.95. The molecule has 1 aliphatic heterocycles. The highest BCUT2D eigenvalue weighted by atomic mass is 16.2. The quantitative estimate of drug-likeness (QED) is 0.855. The molecule has 1 fully saturated rings. The van der Waals surface area contributed by atoms with Crippen LogP contribution < -0.4 is 10.6 Å². The van der Waals surface area contributed by atoms with Crippen LogP contribution in [0.3, 0.4) is 0 Å². The van der Waals surface area contributed by atoms with Gasteiger partial charge in [-0.15, -0.1) is 0 Å². The lowest BCUT2D eigenvalue weighted by molar-refractivity contribution is -0.126. The average Bonchev–Trinajstić information content (AvgIpc) is 2.46. The lowest BCUT2D eigenvalue weighted by Gasteiger charge is -2.25. The van der Waals surface area contributed by atoms with Crippen LogP contribution >= 0.6 is 0 Å². The smallest absolute Gasteiger partial charge is 0.224 e. The first-order valence-corrected chi connectivity index (χ1v) is 6.87. The Morgan fingerprint density at radius 1 is 1.44 bits per heavy atom. The monoisotopic (exact) mass is 246 g/mol. The third-order valence-electron chi connectivity index (χ3n) is 3.59. The van der Waals surface area contributed by atoms with Crippen LogP contribution in [0.15, 0.2) is 30.3 Å². The van der Waals surface area contributed by atoms with Gasteiger partial charge in [0, 0.05) is 6.54 Å². The maximum absolute atomic E-state index is 12.2. The summed E-state index contributed by atoms with van der Waals surface area (Å²) < 4.78 is 0. The standard InChI is InChI=1S/C15H22N2O/c1-2-14(12-7-4-3-5-8-12)17-15(18)13-9-6-10-16-11-13/h3-5,7-8,13-14,16H,2,6,9-11H2,1H3,(H,17,18)/t13-,14?/m1/s1.